The van der Waals surface area contributed by atoms with Crippen LogP contribution in [0, 0.1) is 20.8 Å². The number of benzene rings is 2. The highest BCUT2D eigenvalue weighted by Gasteiger charge is 2.09. The van der Waals surface area contributed by atoms with E-state index in [2.05, 4.69) is 31.8 Å². The monoisotopic (exact) mass is 353 g/mol. The van der Waals surface area contributed by atoms with Crippen LogP contribution in [0.2, 0.25) is 0 Å². The van der Waals surface area contributed by atoms with E-state index in [0.29, 0.717) is 5.69 Å². The van der Waals surface area contributed by atoms with Crippen LogP contribution in [-0.2, 0) is 11.2 Å². The van der Waals surface area contributed by atoms with Gasteiger partial charge in [0.2, 0.25) is 0 Å². The summed E-state index contributed by atoms with van der Waals surface area (Å²) >= 11 is 1.45. The molecule has 3 aromatic rings. The van der Waals surface area contributed by atoms with E-state index in [1.54, 1.807) is 5.38 Å². The molecule has 0 fully saturated rings. The molecule has 3 rings (SSSR count). The Morgan fingerprint density at radius 2 is 1.88 bits per heavy atom. The molecule has 0 spiro atoms. The maximum Gasteiger partial charge on any atom is 0.309 e. The maximum atomic E-state index is 10.8. The summed E-state index contributed by atoms with van der Waals surface area (Å²) in [5, 5.41) is 11.4. The Bertz CT molecular complexity index is 913. The zero-order chi connectivity index (χ0) is 18.0. The van der Waals surface area contributed by atoms with Crippen LogP contribution >= 0.6 is 11.3 Å². The molecule has 0 bridgehead atoms. The van der Waals surface area contributed by atoms with Crippen molar-refractivity contribution in [1.82, 2.24) is 4.98 Å². The van der Waals surface area contributed by atoms with E-state index in [1.165, 1.54) is 22.5 Å². The van der Waals surface area contributed by atoms with Gasteiger partial charge in [-0.15, -0.1) is 11.3 Å². The summed E-state index contributed by atoms with van der Waals surface area (Å²) in [4.78, 5) is 15.1. The normalized spacial score (nSPS) is 10.7. The third kappa shape index (κ3) is 4.06. The van der Waals surface area contributed by atoms with E-state index in [1.807, 2.05) is 30.3 Å². The molecular formula is C20H19NO3S. The molecule has 25 heavy (non-hydrogen) atoms. The molecule has 0 atom stereocenters. The number of aromatic nitrogens is 1. The van der Waals surface area contributed by atoms with Crippen LogP contribution in [0.3, 0.4) is 0 Å². The molecule has 0 aliphatic rings. The number of aryl methyl sites for hydroxylation is 2. The van der Waals surface area contributed by atoms with Crippen molar-refractivity contribution in [3.8, 4) is 22.1 Å². The van der Waals surface area contributed by atoms with Gasteiger partial charge in [0.25, 0.3) is 0 Å². The van der Waals surface area contributed by atoms with Crippen LogP contribution in [0.15, 0.2) is 41.8 Å². The number of carbonyl (C=O) groups is 1. The van der Waals surface area contributed by atoms with Crippen molar-refractivity contribution in [2.24, 2.45) is 0 Å². The Morgan fingerprint density at radius 3 is 2.56 bits per heavy atom. The fourth-order valence-corrected chi connectivity index (χ4v) is 3.40. The second-order valence-corrected chi connectivity index (χ2v) is 6.90. The Labute approximate surface area is 150 Å². The minimum Gasteiger partial charge on any atom is -0.481 e. The Hall–Kier alpha value is -2.66. The van der Waals surface area contributed by atoms with Crippen LogP contribution in [-0.4, -0.2) is 16.1 Å². The fraction of sp³-hybridized carbons (Fsp3) is 0.200. The number of hydrogen-bond acceptors (Lipinski definition) is 4. The van der Waals surface area contributed by atoms with Gasteiger partial charge in [-0.1, -0.05) is 6.07 Å². The molecule has 0 amide bonds. The average Bonchev–Trinajstić information content (AvgIpc) is 3.00. The molecule has 2 aromatic carbocycles. The van der Waals surface area contributed by atoms with Crippen molar-refractivity contribution < 1.29 is 14.6 Å². The molecule has 1 aromatic heterocycles. The van der Waals surface area contributed by atoms with Gasteiger partial charge in [0, 0.05) is 10.9 Å². The first kappa shape index (κ1) is 17.2. The first-order valence-corrected chi connectivity index (χ1v) is 8.82. The van der Waals surface area contributed by atoms with Gasteiger partial charge in [0.05, 0.1) is 12.1 Å². The summed E-state index contributed by atoms with van der Waals surface area (Å²) in [7, 11) is 0. The lowest BCUT2D eigenvalue weighted by molar-refractivity contribution is -0.136. The molecule has 0 saturated heterocycles. The van der Waals surface area contributed by atoms with Gasteiger partial charge in [-0.05, 0) is 67.8 Å². The van der Waals surface area contributed by atoms with Gasteiger partial charge in [0.1, 0.15) is 16.5 Å². The summed E-state index contributed by atoms with van der Waals surface area (Å²) < 4.78 is 6.02. The van der Waals surface area contributed by atoms with E-state index in [-0.39, 0.29) is 6.42 Å². The number of nitrogens with zero attached hydrogens (tertiary/aromatic N) is 1. The van der Waals surface area contributed by atoms with Crippen LogP contribution in [0.25, 0.3) is 10.6 Å². The fourth-order valence-electron chi connectivity index (χ4n) is 2.58. The van der Waals surface area contributed by atoms with Crippen molar-refractivity contribution in [3.05, 3.63) is 64.2 Å². The lowest BCUT2D eigenvalue weighted by Gasteiger charge is -2.12. The summed E-state index contributed by atoms with van der Waals surface area (Å²) in [6.07, 6.45) is -0.0519. The SMILES string of the molecule is Cc1cc(C)c(C)c(Oc2ccc(-c3nc(CC(=O)O)cs3)cc2)c1. The quantitative estimate of drug-likeness (QED) is 0.689. The Balaban J connectivity index is 1.79. The Kier molecular flexibility index (Phi) is 4.86. The third-order valence-electron chi connectivity index (χ3n) is 3.98. The lowest BCUT2D eigenvalue weighted by Crippen LogP contribution is -1.99. The van der Waals surface area contributed by atoms with E-state index in [0.717, 1.165) is 27.6 Å². The van der Waals surface area contributed by atoms with Crippen molar-refractivity contribution >= 4 is 17.3 Å². The molecule has 0 aliphatic heterocycles. The predicted molar refractivity (Wildman–Crippen MR) is 99.6 cm³/mol. The van der Waals surface area contributed by atoms with Gasteiger partial charge in [0.15, 0.2) is 0 Å². The number of rotatable bonds is 5. The highest BCUT2D eigenvalue weighted by molar-refractivity contribution is 7.13. The maximum absolute atomic E-state index is 10.8. The number of aliphatic carboxylic acids is 1. The number of ether oxygens (including phenoxy) is 1. The predicted octanol–water partition coefficient (Wildman–Crippen LogP) is 5.15. The van der Waals surface area contributed by atoms with Crippen LogP contribution in [0.5, 0.6) is 11.5 Å². The van der Waals surface area contributed by atoms with E-state index in [4.69, 9.17) is 9.84 Å². The Morgan fingerprint density at radius 1 is 1.16 bits per heavy atom. The summed E-state index contributed by atoms with van der Waals surface area (Å²) in [5.74, 6) is 0.756. The van der Waals surface area contributed by atoms with Gasteiger partial charge in [-0.25, -0.2) is 4.98 Å². The molecule has 4 nitrogen and oxygen atoms in total. The number of hydrogen-bond donors (Lipinski definition) is 1. The highest BCUT2D eigenvalue weighted by Crippen LogP contribution is 2.31. The van der Waals surface area contributed by atoms with Crippen LogP contribution < -0.4 is 4.74 Å². The van der Waals surface area contributed by atoms with Crippen molar-refractivity contribution in [2.75, 3.05) is 0 Å². The smallest absolute Gasteiger partial charge is 0.309 e. The van der Waals surface area contributed by atoms with Gasteiger partial charge >= 0.3 is 5.97 Å². The topological polar surface area (TPSA) is 59.4 Å². The number of carboxylic acids is 1. The molecule has 0 aliphatic carbocycles. The largest absolute Gasteiger partial charge is 0.481 e. The molecular weight excluding hydrogens is 334 g/mol. The van der Waals surface area contributed by atoms with Gasteiger partial charge in [-0.2, -0.15) is 0 Å². The molecule has 1 N–H and O–H groups in total. The third-order valence-corrected chi connectivity index (χ3v) is 4.92. The van der Waals surface area contributed by atoms with Crippen molar-refractivity contribution in [1.29, 1.82) is 0 Å². The van der Waals surface area contributed by atoms with Crippen molar-refractivity contribution in [2.45, 2.75) is 27.2 Å². The minimum absolute atomic E-state index is 0.0519. The molecule has 0 unspecified atom stereocenters. The number of thiazole rings is 1. The molecule has 0 radical (unpaired) electrons. The van der Waals surface area contributed by atoms with E-state index < -0.39 is 5.97 Å². The second-order valence-electron chi connectivity index (χ2n) is 6.05. The van der Waals surface area contributed by atoms with E-state index in [9.17, 15) is 4.79 Å². The standard InChI is InChI=1S/C20H19NO3S/c1-12-8-13(2)14(3)18(9-12)24-17-6-4-15(5-7-17)20-21-16(11-25-20)10-19(22)23/h4-9,11H,10H2,1-3H3,(H,22,23). The first-order valence-electron chi connectivity index (χ1n) is 7.94. The highest BCUT2D eigenvalue weighted by atomic mass is 32.1. The van der Waals surface area contributed by atoms with Crippen molar-refractivity contribution in [3.63, 3.8) is 0 Å². The second kappa shape index (κ2) is 7.07. The van der Waals surface area contributed by atoms with Crippen LogP contribution in [0.1, 0.15) is 22.4 Å². The summed E-state index contributed by atoms with van der Waals surface area (Å²) in [6, 6.07) is 11.9. The first-order chi connectivity index (χ1) is 11.9. The molecule has 1 heterocycles. The summed E-state index contributed by atoms with van der Waals surface area (Å²) in [6.45, 7) is 6.19. The average molecular weight is 353 g/mol. The van der Waals surface area contributed by atoms with Gasteiger partial charge < -0.3 is 9.84 Å². The molecule has 0 saturated carbocycles. The molecule has 128 valence electrons. The number of carboxylic acid groups (broad SMARTS) is 1. The lowest BCUT2D eigenvalue weighted by atomic mass is 10.1. The minimum atomic E-state index is -0.871. The zero-order valence-corrected chi connectivity index (χ0v) is 15.2. The van der Waals surface area contributed by atoms with Crippen LogP contribution in [0.4, 0.5) is 0 Å². The van der Waals surface area contributed by atoms with Gasteiger partial charge in [-0.3, -0.25) is 4.79 Å². The molecule has 5 heteroatoms. The summed E-state index contributed by atoms with van der Waals surface area (Å²) in [5.41, 5.74) is 5.04. The zero-order valence-electron chi connectivity index (χ0n) is 14.4. The van der Waals surface area contributed by atoms with E-state index >= 15 is 0 Å².